The van der Waals surface area contributed by atoms with Gasteiger partial charge in [-0.1, -0.05) is 72.8 Å². The molecule has 4 rings (SSSR count). The number of carbonyl (C=O) groups is 1. The molecule has 0 amide bonds. The van der Waals surface area contributed by atoms with Gasteiger partial charge in [-0.25, -0.2) is 9.00 Å². The number of ether oxygens (including phenoxy) is 1. The van der Waals surface area contributed by atoms with E-state index in [0.29, 0.717) is 18.7 Å². The monoisotopic (exact) mass is 507 g/mol. The highest BCUT2D eigenvalue weighted by Crippen LogP contribution is 2.25. The summed E-state index contributed by atoms with van der Waals surface area (Å²) < 4.78 is 28.8. The van der Waals surface area contributed by atoms with E-state index in [0.717, 1.165) is 43.9 Å². The first-order valence-corrected chi connectivity index (χ1v) is 13.2. The topological polar surface area (TPSA) is 73.3 Å². The summed E-state index contributed by atoms with van der Waals surface area (Å²) in [5, 5.41) is 0. The van der Waals surface area contributed by atoms with Crippen molar-refractivity contribution < 1.29 is 18.3 Å². The Balaban J connectivity index is 1.45. The number of carbonyl (C=O) groups excluding carboxylic acids is 1. The first-order valence-electron chi connectivity index (χ1n) is 12.1. The maximum Gasteiger partial charge on any atom is 0.337 e. The molecule has 0 spiro atoms. The highest BCUT2D eigenvalue weighted by atomic mass is 32.2. The van der Waals surface area contributed by atoms with Crippen LogP contribution in [0.1, 0.15) is 33.1 Å². The highest BCUT2D eigenvalue weighted by molar-refractivity contribution is 7.76. The number of hydrogen-bond acceptors (Lipinski definition) is 5. The van der Waals surface area contributed by atoms with Crippen LogP contribution in [0.5, 0.6) is 0 Å². The minimum absolute atomic E-state index is 0.0180. The molecule has 0 radical (unpaired) electrons. The number of nitrogens with zero attached hydrogens (tertiary/aromatic N) is 3. The number of methoxy groups -OCH3 is 1. The zero-order chi connectivity index (χ0) is 25.3. The Morgan fingerprint density at radius 1 is 0.917 bits per heavy atom. The van der Waals surface area contributed by atoms with Crippen LogP contribution in [0.4, 0.5) is 0 Å². The van der Waals surface area contributed by atoms with Crippen LogP contribution in [0, 0.1) is 0 Å². The van der Waals surface area contributed by atoms with Crippen molar-refractivity contribution in [1.82, 2.24) is 14.1 Å². The van der Waals surface area contributed by atoms with Crippen LogP contribution < -0.4 is 0 Å². The molecule has 1 aliphatic rings. The maximum absolute atomic E-state index is 12.4. The van der Waals surface area contributed by atoms with E-state index in [1.807, 2.05) is 24.3 Å². The summed E-state index contributed by atoms with van der Waals surface area (Å²) in [5.74, 6) is -0.403. The van der Waals surface area contributed by atoms with Gasteiger partial charge >= 0.3 is 5.97 Å². The van der Waals surface area contributed by atoms with Gasteiger partial charge in [0.2, 0.25) is 11.3 Å². The zero-order valence-electron chi connectivity index (χ0n) is 20.5. The highest BCUT2D eigenvalue weighted by Gasteiger charge is 2.28. The SMILES string of the molecule is COC(=O)c1ccc(CN(CC(c2ccccc2)N2CCN(Cc3ccccc3)CC2)S(=O)O)cc1. The first kappa shape index (κ1) is 26.2. The van der Waals surface area contributed by atoms with Gasteiger partial charge in [-0.2, -0.15) is 4.31 Å². The van der Waals surface area contributed by atoms with E-state index in [-0.39, 0.29) is 6.04 Å². The van der Waals surface area contributed by atoms with Gasteiger partial charge in [0.15, 0.2) is 0 Å². The molecule has 1 aliphatic heterocycles. The predicted octanol–water partition coefficient (Wildman–Crippen LogP) is 3.97. The van der Waals surface area contributed by atoms with Crippen molar-refractivity contribution in [3.63, 3.8) is 0 Å². The average molecular weight is 508 g/mol. The molecule has 36 heavy (non-hydrogen) atoms. The standard InChI is InChI=1S/C28H33N3O4S/c1-35-28(32)26-14-12-24(13-15-26)21-31(36(33)34)22-27(25-10-6-3-7-11-25)30-18-16-29(17-19-30)20-23-8-4-2-5-9-23/h2-15,27H,16-22H2,1H3,(H,33,34). The Hall–Kier alpha value is -2.88. The largest absolute Gasteiger partial charge is 0.465 e. The lowest BCUT2D eigenvalue weighted by Gasteiger charge is -2.40. The average Bonchev–Trinajstić information content (AvgIpc) is 2.92. The summed E-state index contributed by atoms with van der Waals surface area (Å²) in [6, 6.07) is 27.6. The van der Waals surface area contributed by atoms with Crippen molar-refractivity contribution in [2.45, 2.75) is 19.1 Å². The molecule has 3 aromatic rings. The van der Waals surface area contributed by atoms with Gasteiger partial charge in [-0.3, -0.25) is 14.4 Å². The Bertz CT molecular complexity index is 1120. The summed E-state index contributed by atoms with van der Waals surface area (Å²) in [6.07, 6.45) is 0. The van der Waals surface area contributed by atoms with E-state index >= 15 is 0 Å². The Labute approximate surface area is 215 Å². The second-order valence-corrected chi connectivity index (χ2v) is 9.94. The van der Waals surface area contributed by atoms with Crippen molar-refractivity contribution in [3.05, 3.63) is 107 Å². The van der Waals surface area contributed by atoms with E-state index in [2.05, 4.69) is 46.2 Å². The minimum atomic E-state index is -2.15. The molecule has 190 valence electrons. The predicted molar refractivity (Wildman–Crippen MR) is 141 cm³/mol. The van der Waals surface area contributed by atoms with E-state index in [4.69, 9.17) is 4.74 Å². The summed E-state index contributed by atoms with van der Waals surface area (Å²) >= 11 is -2.15. The fourth-order valence-corrected chi connectivity index (χ4v) is 5.15. The molecule has 1 fully saturated rings. The van der Waals surface area contributed by atoms with Crippen LogP contribution in [0.15, 0.2) is 84.9 Å². The third kappa shape index (κ3) is 7.09. The Morgan fingerprint density at radius 3 is 2.11 bits per heavy atom. The van der Waals surface area contributed by atoms with Crippen molar-refractivity contribution in [2.75, 3.05) is 39.8 Å². The second kappa shape index (κ2) is 12.9. The van der Waals surface area contributed by atoms with E-state index < -0.39 is 17.2 Å². The van der Waals surface area contributed by atoms with Gasteiger partial charge in [0.1, 0.15) is 0 Å². The van der Waals surface area contributed by atoms with E-state index in [1.165, 1.54) is 12.7 Å². The Morgan fingerprint density at radius 2 is 1.53 bits per heavy atom. The molecule has 3 aromatic carbocycles. The minimum Gasteiger partial charge on any atom is -0.465 e. The van der Waals surface area contributed by atoms with Crippen molar-refractivity contribution in [3.8, 4) is 0 Å². The molecule has 1 saturated heterocycles. The fourth-order valence-electron chi connectivity index (χ4n) is 4.63. The van der Waals surface area contributed by atoms with Crippen molar-refractivity contribution in [1.29, 1.82) is 0 Å². The summed E-state index contributed by atoms with van der Waals surface area (Å²) in [6.45, 7) is 5.27. The number of hydrogen-bond donors (Lipinski definition) is 1. The molecule has 0 aliphatic carbocycles. The van der Waals surface area contributed by atoms with Gasteiger partial charge in [-0.05, 0) is 28.8 Å². The van der Waals surface area contributed by atoms with Gasteiger partial charge in [0.05, 0.1) is 12.7 Å². The fraction of sp³-hybridized carbons (Fsp3) is 0.321. The summed E-state index contributed by atoms with van der Waals surface area (Å²) in [4.78, 5) is 16.6. The molecule has 2 atom stereocenters. The molecule has 1 heterocycles. The number of piperazine rings is 1. The van der Waals surface area contributed by atoms with Gasteiger partial charge < -0.3 is 4.74 Å². The molecule has 1 N–H and O–H groups in total. The van der Waals surface area contributed by atoms with Crippen LogP contribution in [-0.4, -0.2) is 68.7 Å². The quantitative estimate of drug-likeness (QED) is 0.331. The Kier molecular flexibility index (Phi) is 9.38. The van der Waals surface area contributed by atoms with Gasteiger partial charge in [0.25, 0.3) is 0 Å². The lowest BCUT2D eigenvalue weighted by molar-refractivity contribution is 0.0600. The van der Waals surface area contributed by atoms with Gasteiger partial charge in [0, 0.05) is 51.9 Å². The molecule has 7 nitrogen and oxygen atoms in total. The molecular weight excluding hydrogens is 474 g/mol. The number of rotatable bonds is 10. The third-order valence-electron chi connectivity index (χ3n) is 6.61. The molecule has 0 aromatic heterocycles. The number of benzene rings is 3. The molecule has 0 saturated carbocycles. The maximum atomic E-state index is 12.4. The van der Waals surface area contributed by atoms with E-state index in [9.17, 15) is 13.6 Å². The third-order valence-corrected chi connectivity index (χ3v) is 7.33. The van der Waals surface area contributed by atoms with Crippen LogP contribution >= 0.6 is 0 Å². The smallest absolute Gasteiger partial charge is 0.337 e. The zero-order valence-corrected chi connectivity index (χ0v) is 21.3. The summed E-state index contributed by atoms with van der Waals surface area (Å²) in [7, 11) is 1.35. The van der Waals surface area contributed by atoms with Crippen LogP contribution in [-0.2, 0) is 29.1 Å². The van der Waals surface area contributed by atoms with Crippen molar-refractivity contribution in [2.24, 2.45) is 0 Å². The van der Waals surface area contributed by atoms with Gasteiger partial charge in [-0.15, -0.1) is 0 Å². The lowest BCUT2D eigenvalue weighted by Crippen LogP contribution is -2.49. The van der Waals surface area contributed by atoms with Crippen LogP contribution in [0.3, 0.4) is 0 Å². The molecule has 0 bridgehead atoms. The van der Waals surface area contributed by atoms with Crippen LogP contribution in [0.25, 0.3) is 0 Å². The number of esters is 1. The normalized spacial score (nSPS) is 16.5. The molecular formula is C28H33N3O4S. The molecule has 8 heteroatoms. The first-order chi connectivity index (χ1) is 17.5. The van der Waals surface area contributed by atoms with E-state index in [1.54, 1.807) is 28.6 Å². The second-order valence-electron chi connectivity index (χ2n) is 8.97. The molecule has 2 unspecified atom stereocenters. The van der Waals surface area contributed by atoms with Crippen LogP contribution in [0.2, 0.25) is 0 Å². The lowest BCUT2D eigenvalue weighted by atomic mass is 10.0. The van der Waals surface area contributed by atoms with Crippen molar-refractivity contribution >= 4 is 17.2 Å². The summed E-state index contributed by atoms with van der Waals surface area (Å²) in [5.41, 5.74) is 3.74.